The minimum atomic E-state index is -0.806. The molecule has 0 atom stereocenters. The van der Waals surface area contributed by atoms with E-state index < -0.39 is 5.97 Å². The molecule has 0 aliphatic heterocycles. The molecule has 0 saturated heterocycles. The Balaban J connectivity index is 2.53. The molecule has 0 radical (unpaired) electrons. The molecule has 0 saturated carbocycles. The SMILES string of the molecule is C=CCOC(=O)/C(C#N)=c1\s/c(=C/Nc2cccc(C(C)=O)c2)c(=O)n1CC. The lowest BCUT2D eigenvalue weighted by atomic mass is 10.1. The van der Waals surface area contributed by atoms with Gasteiger partial charge in [-0.25, -0.2) is 4.79 Å². The average molecular weight is 397 g/mol. The smallest absolute Gasteiger partial charge is 0.352 e. The number of ether oxygens (including phenoxy) is 1. The second-order valence-electron chi connectivity index (χ2n) is 5.62. The molecule has 0 aliphatic carbocycles. The summed E-state index contributed by atoms with van der Waals surface area (Å²) in [4.78, 5) is 36.2. The van der Waals surface area contributed by atoms with Crippen molar-refractivity contribution in [2.75, 3.05) is 11.9 Å². The molecule has 1 N–H and O–H groups in total. The number of rotatable bonds is 7. The summed E-state index contributed by atoms with van der Waals surface area (Å²) in [6.45, 7) is 6.93. The number of benzene rings is 1. The zero-order chi connectivity index (χ0) is 20.7. The number of thiazole rings is 1. The van der Waals surface area contributed by atoms with Gasteiger partial charge in [0.1, 0.15) is 21.9 Å². The molecule has 1 aromatic heterocycles. The summed E-state index contributed by atoms with van der Waals surface area (Å²) >= 11 is 1.01. The Labute approximate surface area is 165 Å². The Morgan fingerprint density at radius 2 is 2.18 bits per heavy atom. The predicted octanol–water partition coefficient (Wildman–Crippen LogP) is 1.39. The Kier molecular flexibility index (Phi) is 7.07. The monoisotopic (exact) mass is 397 g/mol. The first-order valence-corrected chi connectivity index (χ1v) is 9.24. The van der Waals surface area contributed by atoms with Crippen LogP contribution < -0.4 is 20.1 Å². The highest BCUT2D eigenvalue weighted by Gasteiger charge is 2.16. The average Bonchev–Trinajstić information content (AvgIpc) is 3.00. The third kappa shape index (κ3) is 4.64. The van der Waals surface area contributed by atoms with Gasteiger partial charge in [-0.05, 0) is 26.0 Å². The number of esters is 1. The highest BCUT2D eigenvalue weighted by molar-refractivity contribution is 7.07. The molecule has 0 aliphatic rings. The summed E-state index contributed by atoms with van der Waals surface area (Å²) in [7, 11) is 0. The van der Waals surface area contributed by atoms with Gasteiger partial charge >= 0.3 is 5.97 Å². The Morgan fingerprint density at radius 1 is 1.43 bits per heavy atom. The lowest BCUT2D eigenvalue weighted by molar-refractivity contribution is -0.135. The number of hydrogen-bond donors (Lipinski definition) is 1. The molecule has 2 aromatic rings. The minimum absolute atomic E-state index is 0.0290. The molecule has 28 heavy (non-hydrogen) atoms. The van der Waals surface area contributed by atoms with E-state index in [0.29, 0.717) is 15.8 Å². The van der Waals surface area contributed by atoms with Crippen molar-refractivity contribution in [2.24, 2.45) is 0 Å². The van der Waals surface area contributed by atoms with Crippen molar-refractivity contribution < 1.29 is 14.3 Å². The maximum Gasteiger partial charge on any atom is 0.352 e. The normalized spacial score (nSPS) is 12.1. The fraction of sp³-hybridized carbons (Fsp3) is 0.200. The van der Waals surface area contributed by atoms with Gasteiger partial charge in [-0.3, -0.25) is 14.2 Å². The van der Waals surface area contributed by atoms with E-state index in [2.05, 4.69) is 11.9 Å². The van der Waals surface area contributed by atoms with Crippen molar-refractivity contribution in [1.82, 2.24) is 4.57 Å². The molecule has 1 heterocycles. The number of ketones is 1. The first kappa shape index (κ1) is 20.9. The number of nitrogens with one attached hydrogen (secondary N) is 1. The van der Waals surface area contributed by atoms with E-state index in [1.54, 1.807) is 31.2 Å². The molecule has 7 nitrogen and oxygen atoms in total. The summed E-state index contributed by atoms with van der Waals surface area (Å²) in [5.74, 6) is -0.874. The van der Waals surface area contributed by atoms with Crippen molar-refractivity contribution in [3.8, 4) is 6.07 Å². The van der Waals surface area contributed by atoms with Gasteiger partial charge in [0.05, 0.1) is 0 Å². The van der Waals surface area contributed by atoms with Crippen LogP contribution in [0.4, 0.5) is 5.69 Å². The van der Waals surface area contributed by atoms with E-state index in [1.807, 2.05) is 6.07 Å². The van der Waals surface area contributed by atoms with Crippen LogP contribution in [0.15, 0.2) is 41.7 Å². The Bertz CT molecular complexity index is 1140. The summed E-state index contributed by atoms with van der Waals surface area (Å²) in [5, 5.41) is 12.4. The fourth-order valence-electron chi connectivity index (χ4n) is 2.36. The number of nitriles is 1. The molecule has 0 bridgehead atoms. The van der Waals surface area contributed by atoms with Crippen LogP contribution in [0.2, 0.25) is 0 Å². The predicted molar refractivity (Wildman–Crippen MR) is 108 cm³/mol. The van der Waals surface area contributed by atoms with Crippen LogP contribution in [-0.4, -0.2) is 22.9 Å². The van der Waals surface area contributed by atoms with Crippen LogP contribution in [0.3, 0.4) is 0 Å². The van der Waals surface area contributed by atoms with Crippen LogP contribution >= 0.6 is 11.3 Å². The zero-order valence-corrected chi connectivity index (χ0v) is 16.3. The van der Waals surface area contributed by atoms with Gasteiger partial charge in [0.2, 0.25) is 0 Å². The maximum absolute atomic E-state index is 12.6. The lowest BCUT2D eigenvalue weighted by Crippen LogP contribution is -2.32. The van der Waals surface area contributed by atoms with Gasteiger partial charge in [0, 0.05) is 24.0 Å². The number of aromatic nitrogens is 1. The molecule has 2 rings (SSSR count). The summed E-state index contributed by atoms with van der Waals surface area (Å²) in [5.41, 5.74) is 0.618. The summed E-state index contributed by atoms with van der Waals surface area (Å²) in [6, 6.07) is 8.68. The van der Waals surface area contributed by atoms with Crippen LogP contribution in [-0.2, 0) is 16.1 Å². The van der Waals surface area contributed by atoms with Crippen molar-refractivity contribution in [3.05, 3.63) is 62.0 Å². The van der Waals surface area contributed by atoms with Gasteiger partial charge in [0.25, 0.3) is 5.56 Å². The first-order valence-electron chi connectivity index (χ1n) is 8.42. The molecule has 0 spiro atoms. The van der Waals surface area contributed by atoms with Gasteiger partial charge in [-0.15, -0.1) is 11.3 Å². The van der Waals surface area contributed by atoms with Crippen molar-refractivity contribution in [3.63, 3.8) is 0 Å². The van der Waals surface area contributed by atoms with Gasteiger partial charge in [0.15, 0.2) is 11.4 Å². The third-order valence-corrected chi connectivity index (χ3v) is 4.86. The second-order valence-corrected chi connectivity index (χ2v) is 6.65. The highest BCUT2D eigenvalue weighted by Crippen LogP contribution is 2.10. The summed E-state index contributed by atoms with van der Waals surface area (Å²) in [6.07, 6.45) is 2.89. The quantitative estimate of drug-likeness (QED) is 0.430. The Morgan fingerprint density at radius 3 is 2.79 bits per heavy atom. The van der Waals surface area contributed by atoms with E-state index in [-0.39, 0.29) is 34.7 Å². The van der Waals surface area contributed by atoms with Crippen LogP contribution in [0.25, 0.3) is 11.8 Å². The van der Waals surface area contributed by atoms with E-state index in [1.165, 1.54) is 23.8 Å². The van der Waals surface area contributed by atoms with E-state index in [4.69, 9.17) is 4.74 Å². The molecule has 0 unspecified atom stereocenters. The van der Waals surface area contributed by atoms with E-state index in [9.17, 15) is 19.6 Å². The van der Waals surface area contributed by atoms with E-state index >= 15 is 0 Å². The van der Waals surface area contributed by atoms with Crippen LogP contribution in [0, 0.1) is 11.3 Å². The molecule has 1 aromatic carbocycles. The molecule has 144 valence electrons. The van der Waals surface area contributed by atoms with Crippen molar-refractivity contribution in [2.45, 2.75) is 20.4 Å². The molecule has 0 fully saturated rings. The molecule has 0 amide bonds. The number of hydrogen-bond acceptors (Lipinski definition) is 7. The fourth-order valence-corrected chi connectivity index (χ4v) is 3.43. The molecular formula is C20H19N3O4S. The molecular weight excluding hydrogens is 378 g/mol. The third-order valence-electron chi connectivity index (χ3n) is 3.73. The largest absolute Gasteiger partial charge is 0.457 e. The van der Waals surface area contributed by atoms with E-state index in [0.717, 1.165) is 11.3 Å². The first-order chi connectivity index (χ1) is 13.4. The molecule has 8 heteroatoms. The number of nitrogens with zero attached hydrogens (tertiary/aromatic N) is 2. The maximum atomic E-state index is 12.6. The summed E-state index contributed by atoms with van der Waals surface area (Å²) < 4.78 is 6.82. The van der Waals surface area contributed by atoms with Crippen molar-refractivity contribution >= 4 is 40.5 Å². The second kappa shape index (κ2) is 9.48. The van der Waals surface area contributed by atoms with Gasteiger partial charge in [-0.1, -0.05) is 24.8 Å². The number of carbonyl (C=O) groups excluding carboxylic acids is 2. The number of Topliss-reactive ketones (excluding diaryl/α,β-unsaturated/α-hetero) is 1. The number of anilines is 1. The van der Waals surface area contributed by atoms with Crippen LogP contribution in [0.1, 0.15) is 24.2 Å². The number of carbonyl (C=O) groups is 2. The van der Waals surface area contributed by atoms with Gasteiger partial charge in [-0.2, -0.15) is 5.26 Å². The Hall–Kier alpha value is -3.44. The lowest BCUT2D eigenvalue weighted by Gasteiger charge is -2.01. The topological polar surface area (TPSA) is 101 Å². The van der Waals surface area contributed by atoms with Crippen LogP contribution in [0.5, 0.6) is 0 Å². The van der Waals surface area contributed by atoms with Crippen molar-refractivity contribution in [1.29, 1.82) is 5.26 Å². The minimum Gasteiger partial charge on any atom is -0.457 e. The van der Waals surface area contributed by atoms with Gasteiger partial charge < -0.3 is 10.1 Å². The highest BCUT2D eigenvalue weighted by atomic mass is 32.1. The standard InChI is InChI=1S/C20H19N3O4S/c1-4-9-27-20(26)16(11-21)19-23(5-2)18(25)17(28-19)12-22-15-8-6-7-14(10-15)13(3)24/h4,6-8,10,12,22H,1,5,9H2,2-3H3/b17-12+,19-16-. The zero-order valence-electron chi connectivity index (χ0n) is 15.5.